The highest BCUT2D eigenvalue weighted by Gasteiger charge is 2.13. The molecule has 0 bridgehead atoms. The highest BCUT2D eigenvalue weighted by molar-refractivity contribution is 5.13. The molecule has 0 aliphatic carbocycles. The molecule has 0 spiro atoms. The van der Waals surface area contributed by atoms with Gasteiger partial charge in [0.2, 0.25) is 0 Å². The highest BCUT2D eigenvalue weighted by Crippen LogP contribution is 2.13. The fourth-order valence-corrected chi connectivity index (χ4v) is 1.29. The summed E-state index contributed by atoms with van der Waals surface area (Å²) < 4.78 is 0. The monoisotopic (exact) mass is 137 g/mol. The van der Waals surface area contributed by atoms with Crippen molar-refractivity contribution in [2.24, 2.45) is 5.92 Å². The van der Waals surface area contributed by atoms with Gasteiger partial charge in [0.05, 0.1) is 0 Å². The van der Waals surface area contributed by atoms with Crippen molar-refractivity contribution in [3.8, 4) is 0 Å². The van der Waals surface area contributed by atoms with E-state index < -0.39 is 0 Å². The number of hydrogen-bond donors (Lipinski definition) is 0. The zero-order valence-electron chi connectivity index (χ0n) is 6.91. The van der Waals surface area contributed by atoms with Gasteiger partial charge in [-0.15, -0.1) is 0 Å². The Kier molecular flexibility index (Phi) is 2.15. The highest BCUT2D eigenvalue weighted by atomic mass is 15.1. The van der Waals surface area contributed by atoms with E-state index in [1.54, 1.807) is 0 Å². The third-order valence-electron chi connectivity index (χ3n) is 1.89. The maximum Gasteiger partial charge on any atom is 0.0490 e. The molecular weight excluding hydrogens is 122 g/mol. The quantitative estimate of drug-likeness (QED) is 0.534. The van der Waals surface area contributed by atoms with Gasteiger partial charge >= 0.3 is 0 Å². The Balaban J connectivity index is 2.61. The summed E-state index contributed by atoms with van der Waals surface area (Å²) in [6.07, 6.45) is 8.54. The van der Waals surface area contributed by atoms with Crippen LogP contribution in [0.2, 0.25) is 0 Å². The van der Waals surface area contributed by atoms with Gasteiger partial charge in [-0.2, -0.15) is 0 Å². The molecule has 1 unspecified atom stereocenters. The lowest BCUT2D eigenvalue weighted by atomic mass is 10.0. The summed E-state index contributed by atoms with van der Waals surface area (Å²) in [5, 5.41) is 0. The summed E-state index contributed by atoms with van der Waals surface area (Å²) in [7, 11) is 2.12. The van der Waals surface area contributed by atoms with Crippen LogP contribution in [0.4, 0.5) is 0 Å². The Bertz CT molecular complexity index is 156. The fourth-order valence-electron chi connectivity index (χ4n) is 1.29. The maximum atomic E-state index is 2.24. The second kappa shape index (κ2) is 2.91. The summed E-state index contributed by atoms with van der Waals surface area (Å²) in [5.41, 5.74) is 0. The molecule has 0 saturated carbocycles. The van der Waals surface area contributed by atoms with Crippen LogP contribution >= 0.6 is 0 Å². The average molecular weight is 137 g/mol. The predicted octanol–water partition coefficient (Wildman–Crippen LogP) is 2.03. The lowest BCUT2D eigenvalue weighted by Gasteiger charge is -2.29. The fraction of sp³-hybridized carbons (Fsp3) is 0.556. The summed E-state index contributed by atoms with van der Waals surface area (Å²) in [5.74, 6) is 0.700. The topological polar surface area (TPSA) is 3.24 Å². The van der Waals surface area contributed by atoms with Crippen LogP contribution in [-0.2, 0) is 0 Å². The van der Waals surface area contributed by atoms with E-state index in [1.165, 1.54) is 0 Å². The largest absolute Gasteiger partial charge is 0.374 e. The summed E-state index contributed by atoms with van der Waals surface area (Å²) >= 11 is 0. The van der Waals surface area contributed by atoms with Crippen molar-refractivity contribution in [3.05, 3.63) is 24.4 Å². The van der Waals surface area contributed by atoms with Crippen LogP contribution in [0.15, 0.2) is 24.4 Å². The molecule has 0 aromatic rings. The molecule has 0 amide bonds. The first-order valence-electron chi connectivity index (χ1n) is 3.78. The molecule has 10 heavy (non-hydrogen) atoms. The molecular formula is C9H15N. The smallest absolute Gasteiger partial charge is 0.0490 e. The van der Waals surface area contributed by atoms with Gasteiger partial charge < -0.3 is 4.90 Å². The molecule has 1 heteroatoms. The van der Waals surface area contributed by atoms with E-state index in [2.05, 4.69) is 50.2 Å². The minimum absolute atomic E-state index is 0.588. The van der Waals surface area contributed by atoms with E-state index in [0.717, 1.165) is 0 Å². The molecule has 0 aromatic heterocycles. The number of nitrogens with zero attached hydrogens (tertiary/aromatic N) is 1. The van der Waals surface area contributed by atoms with E-state index >= 15 is 0 Å². The SMILES string of the molecule is CC(C)C1C=CC=CN1C. The van der Waals surface area contributed by atoms with Crippen LogP contribution in [0, 0.1) is 5.92 Å². The first-order valence-corrected chi connectivity index (χ1v) is 3.78. The van der Waals surface area contributed by atoms with Crippen LogP contribution in [-0.4, -0.2) is 18.0 Å². The Morgan fingerprint density at radius 3 is 2.40 bits per heavy atom. The predicted molar refractivity (Wildman–Crippen MR) is 44.7 cm³/mol. The van der Waals surface area contributed by atoms with Gasteiger partial charge in [0.15, 0.2) is 0 Å². The molecule has 0 fully saturated rings. The Morgan fingerprint density at radius 2 is 2.00 bits per heavy atom. The van der Waals surface area contributed by atoms with E-state index in [9.17, 15) is 0 Å². The maximum absolute atomic E-state index is 2.24. The summed E-state index contributed by atoms with van der Waals surface area (Å²) in [4.78, 5) is 2.24. The van der Waals surface area contributed by atoms with Crippen molar-refractivity contribution in [2.75, 3.05) is 7.05 Å². The van der Waals surface area contributed by atoms with Crippen LogP contribution < -0.4 is 0 Å². The Labute approximate surface area is 63.0 Å². The standard InChI is InChI=1S/C9H15N/c1-8(2)9-6-4-5-7-10(9)3/h4-9H,1-3H3. The molecule has 1 atom stereocenters. The molecule has 56 valence electrons. The minimum atomic E-state index is 0.588. The summed E-state index contributed by atoms with van der Waals surface area (Å²) in [6, 6.07) is 0.588. The van der Waals surface area contributed by atoms with E-state index in [1.807, 2.05) is 0 Å². The van der Waals surface area contributed by atoms with Crippen LogP contribution in [0.3, 0.4) is 0 Å². The third kappa shape index (κ3) is 1.41. The molecule has 0 saturated heterocycles. The Hall–Kier alpha value is -0.720. The lowest BCUT2D eigenvalue weighted by molar-refractivity contribution is 0.307. The molecule has 0 aromatic carbocycles. The van der Waals surface area contributed by atoms with Crippen molar-refractivity contribution in [3.63, 3.8) is 0 Å². The molecule has 1 heterocycles. The van der Waals surface area contributed by atoms with Gasteiger partial charge in [-0.3, -0.25) is 0 Å². The van der Waals surface area contributed by atoms with Crippen molar-refractivity contribution in [1.29, 1.82) is 0 Å². The second-order valence-electron chi connectivity index (χ2n) is 3.13. The Morgan fingerprint density at radius 1 is 1.30 bits per heavy atom. The number of likely N-dealkylation sites (N-methyl/N-ethyl adjacent to an activating group) is 1. The average Bonchev–Trinajstić information content (AvgIpc) is 1.88. The molecule has 1 aliphatic rings. The van der Waals surface area contributed by atoms with E-state index in [4.69, 9.17) is 0 Å². The van der Waals surface area contributed by atoms with Gasteiger partial charge in [0.25, 0.3) is 0 Å². The van der Waals surface area contributed by atoms with Crippen molar-refractivity contribution >= 4 is 0 Å². The van der Waals surface area contributed by atoms with E-state index in [0.29, 0.717) is 12.0 Å². The lowest BCUT2D eigenvalue weighted by Crippen LogP contribution is -2.31. The van der Waals surface area contributed by atoms with Crippen LogP contribution in [0.25, 0.3) is 0 Å². The van der Waals surface area contributed by atoms with Gasteiger partial charge in [0.1, 0.15) is 0 Å². The summed E-state index contributed by atoms with van der Waals surface area (Å²) in [6.45, 7) is 4.48. The molecule has 1 rings (SSSR count). The number of hydrogen-bond acceptors (Lipinski definition) is 1. The molecule has 1 aliphatic heterocycles. The minimum Gasteiger partial charge on any atom is -0.374 e. The third-order valence-corrected chi connectivity index (χ3v) is 1.89. The van der Waals surface area contributed by atoms with Gasteiger partial charge in [-0.1, -0.05) is 26.0 Å². The first-order chi connectivity index (χ1) is 4.72. The molecule has 0 N–H and O–H groups in total. The second-order valence-corrected chi connectivity index (χ2v) is 3.13. The zero-order valence-corrected chi connectivity index (χ0v) is 6.91. The van der Waals surface area contributed by atoms with Crippen molar-refractivity contribution < 1.29 is 0 Å². The van der Waals surface area contributed by atoms with Crippen molar-refractivity contribution in [2.45, 2.75) is 19.9 Å². The van der Waals surface area contributed by atoms with Crippen LogP contribution in [0.1, 0.15) is 13.8 Å². The molecule has 0 radical (unpaired) electrons. The van der Waals surface area contributed by atoms with Crippen LogP contribution in [0.5, 0.6) is 0 Å². The number of allylic oxidation sites excluding steroid dienone is 2. The van der Waals surface area contributed by atoms with Gasteiger partial charge in [-0.05, 0) is 18.2 Å². The zero-order chi connectivity index (χ0) is 7.56. The van der Waals surface area contributed by atoms with Gasteiger partial charge in [0, 0.05) is 13.1 Å². The normalized spacial score (nSPS) is 24.4. The first kappa shape index (κ1) is 7.39. The van der Waals surface area contributed by atoms with Gasteiger partial charge in [-0.25, -0.2) is 0 Å². The van der Waals surface area contributed by atoms with E-state index in [-0.39, 0.29) is 0 Å². The number of rotatable bonds is 1. The van der Waals surface area contributed by atoms with Crippen molar-refractivity contribution in [1.82, 2.24) is 4.90 Å². The molecule has 1 nitrogen and oxygen atoms in total.